The number of para-hydroxylation sites is 1. The molecule has 44 heavy (non-hydrogen) atoms. The highest BCUT2D eigenvalue weighted by Gasteiger charge is 2.30. The van der Waals surface area contributed by atoms with Crippen molar-refractivity contribution in [3.63, 3.8) is 0 Å². The molecule has 1 aliphatic rings. The number of aryl methyl sites for hydroxylation is 1. The Morgan fingerprint density at radius 3 is 2.30 bits per heavy atom. The Morgan fingerprint density at radius 2 is 1.61 bits per heavy atom. The number of nitrogens with zero attached hydrogens (tertiary/aromatic N) is 1. The largest absolute Gasteiger partial charge is 0.492 e. The zero-order valence-corrected chi connectivity index (χ0v) is 25.2. The van der Waals surface area contributed by atoms with E-state index in [1.165, 1.54) is 7.11 Å². The molecule has 0 radical (unpaired) electrons. The molecule has 0 bridgehead atoms. The Morgan fingerprint density at radius 1 is 0.886 bits per heavy atom. The van der Waals surface area contributed by atoms with Gasteiger partial charge in [0.1, 0.15) is 18.4 Å². The van der Waals surface area contributed by atoms with E-state index in [4.69, 9.17) is 9.47 Å². The molecule has 4 aromatic carbocycles. The number of amides is 1. The summed E-state index contributed by atoms with van der Waals surface area (Å²) in [5.41, 5.74) is 4.51. The van der Waals surface area contributed by atoms with Crippen LogP contribution in [-0.4, -0.2) is 44.0 Å². The van der Waals surface area contributed by atoms with Crippen molar-refractivity contribution < 1.29 is 23.9 Å². The predicted molar refractivity (Wildman–Crippen MR) is 172 cm³/mol. The van der Waals surface area contributed by atoms with Crippen molar-refractivity contribution in [1.29, 1.82) is 0 Å². The molecule has 0 spiro atoms. The van der Waals surface area contributed by atoms with Crippen LogP contribution in [0.5, 0.6) is 5.75 Å². The number of carbonyl (C=O) groups excluding carboxylic acids is 3. The number of anilines is 2. The van der Waals surface area contributed by atoms with Gasteiger partial charge in [-0.15, -0.1) is 0 Å². The van der Waals surface area contributed by atoms with Crippen LogP contribution < -0.4 is 15.0 Å². The fourth-order valence-corrected chi connectivity index (χ4v) is 5.33. The molecule has 4 aromatic rings. The molecular weight excluding hydrogens is 552 g/mol. The van der Waals surface area contributed by atoms with Gasteiger partial charge in [-0.3, -0.25) is 9.59 Å². The Labute approximate surface area is 258 Å². The first-order valence-electron chi connectivity index (χ1n) is 15.1. The average molecular weight is 591 g/mol. The summed E-state index contributed by atoms with van der Waals surface area (Å²) in [7, 11) is 1.35. The molecule has 1 N–H and O–H groups in total. The highest BCUT2D eigenvalue weighted by atomic mass is 16.5. The Hall–Kier alpha value is -4.91. The number of nitrogens with one attached hydrogen (secondary N) is 1. The van der Waals surface area contributed by atoms with E-state index in [1.807, 2.05) is 84.6 Å². The van der Waals surface area contributed by atoms with Crippen molar-refractivity contribution in [2.24, 2.45) is 5.92 Å². The second-order valence-electron chi connectivity index (χ2n) is 11.1. The summed E-state index contributed by atoms with van der Waals surface area (Å²) in [5, 5.41) is 3.24. The molecule has 1 atom stereocenters. The van der Waals surface area contributed by atoms with Crippen LogP contribution in [-0.2, 0) is 20.7 Å². The molecule has 1 amide bonds. The minimum Gasteiger partial charge on any atom is -0.492 e. The van der Waals surface area contributed by atoms with Crippen LogP contribution >= 0.6 is 0 Å². The monoisotopic (exact) mass is 590 g/mol. The standard InChI is InChI=1S/C37H38N2O5/c1-26-10-8-15-30(24-26)39(36(41)29-13-9-14-29)22-23-44-31-20-18-27(19-21-31)25-34(37(42)43-2)38-33-17-7-6-16-32(33)35(40)28-11-4-3-5-12-28/h3-8,10-12,15-21,24,29,34,38H,9,13-14,22-23,25H2,1-2H3/t34-/m0/s1. The zero-order chi connectivity index (χ0) is 30.9. The Kier molecular flexibility index (Phi) is 10.1. The van der Waals surface area contributed by atoms with E-state index in [0.717, 1.165) is 36.1 Å². The van der Waals surface area contributed by atoms with Gasteiger partial charge in [0.05, 0.1) is 13.7 Å². The first-order valence-corrected chi connectivity index (χ1v) is 15.1. The van der Waals surface area contributed by atoms with Crippen LogP contribution in [0.3, 0.4) is 0 Å². The van der Waals surface area contributed by atoms with Gasteiger partial charge in [0, 0.05) is 34.8 Å². The number of carbonyl (C=O) groups is 3. The maximum absolute atomic E-state index is 13.2. The molecule has 1 fully saturated rings. The quantitative estimate of drug-likeness (QED) is 0.139. The smallest absolute Gasteiger partial charge is 0.328 e. The minimum absolute atomic E-state index is 0.0922. The van der Waals surface area contributed by atoms with Crippen LogP contribution in [0.4, 0.5) is 11.4 Å². The molecule has 7 nitrogen and oxygen atoms in total. The summed E-state index contributed by atoms with van der Waals surface area (Å²) in [5.74, 6) is 0.369. The number of benzene rings is 4. The van der Waals surface area contributed by atoms with E-state index in [-0.39, 0.29) is 17.6 Å². The molecule has 1 aliphatic carbocycles. The minimum atomic E-state index is -0.711. The molecule has 1 saturated carbocycles. The van der Waals surface area contributed by atoms with Gasteiger partial charge in [-0.1, -0.05) is 73.2 Å². The molecule has 0 saturated heterocycles. The van der Waals surface area contributed by atoms with E-state index in [1.54, 1.807) is 30.3 Å². The van der Waals surface area contributed by atoms with E-state index in [9.17, 15) is 14.4 Å². The van der Waals surface area contributed by atoms with Gasteiger partial charge in [-0.2, -0.15) is 0 Å². The summed E-state index contributed by atoms with van der Waals surface area (Å²) in [6.07, 6.45) is 3.34. The number of esters is 1. The van der Waals surface area contributed by atoms with Crippen LogP contribution in [0, 0.1) is 12.8 Å². The number of rotatable bonds is 13. The predicted octanol–water partition coefficient (Wildman–Crippen LogP) is 6.63. The molecule has 7 heteroatoms. The maximum atomic E-state index is 13.2. The third-order valence-electron chi connectivity index (χ3n) is 8.00. The summed E-state index contributed by atoms with van der Waals surface area (Å²) in [6.45, 7) is 2.83. The van der Waals surface area contributed by atoms with Crippen molar-refractivity contribution in [2.75, 3.05) is 30.5 Å². The highest BCUT2D eigenvalue weighted by Crippen LogP contribution is 2.30. The van der Waals surface area contributed by atoms with E-state index < -0.39 is 12.0 Å². The lowest BCUT2D eigenvalue weighted by Crippen LogP contribution is -2.41. The van der Waals surface area contributed by atoms with Crippen LogP contribution in [0.2, 0.25) is 0 Å². The van der Waals surface area contributed by atoms with Crippen molar-refractivity contribution in [3.8, 4) is 5.75 Å². The van der Waals surface area contributed by atoms with Gasteiger partial charge in [0.15, 0.2) is 5.78 Å². The summed E-state index contributed by atoms with van der Waals surface area (Å²) in [4.78, 5) is 41.0. The van der Waals surface area contributed by atoms with Gasteiger partial charge < -0.3 is 19.7 Å². The summed E-state index contributed by atoms with van der Waals surface area (Å²) < 4.78 is 11.1. The topological polar surface area (TPSA) is 84.9 Å². The SMILES string of the molecule is COC(=O)[C@H](Cc1ccc(OCCN(C(=O)C2CCC2)c2cccc(C)c2)cc1)Nc1ccccc1C(=O)c1ccccc1. The van der Waals surface area contributed by atoms with Gasteiger partial charge in [-0.25, -0.2) is 4.79 Å². The fourth-order valence-electron chi connectivity index (χ4n) is 5.33. The number of ketones is 1. The second kappa shape index (κ2) is 14.5. The molecule has 0 heterocycles. The van der Waals surface area contributed by atoms with Crippen LogP contribution in [0.15, 0.2) is 103 Å². The Balaban J connectivity index is 1.23. The van der Waals surface area contributed by atoms with Crippen molar-refractivity contribution in [2.45, 2.75) is 38.6 Å². The molecular formula is C37H38N2O5. The lowest BCUT2D eigenvalue weighted by Gasteiger charge is -2.32. The zero-order valence-electron chi connectivity index (χ0n) is 25.2. The second-order valence-corrected chi connectivity index (χ2v) is 11.1. The molecule has 5 rings (SSSR count). The van der Waals surface area contributed by atoms with E-state index in [0.29, 0.717) is 42.1 Å². The van der Waals surface area contributed by atoms with E-state index >= 15 is 0 Å². The van der Waals surface area contributed by atoms with Gasteiger partial charge in [-0.05, 0) is 67.3 Å². The first-order chi connectivity index (χ1) is 21.4. The van der Waals surface area contributed by atoms with Crippen molar-refractivity contribution in [1.82, 2.24) is 0 Å². The number of hydrogen-bond acceptors (Lipinski definition) is 6. The fraction of sp³-hybridized carbons (Fsp3) is 0.270. The van der Waals surface area contributed by atoms with Crippen molar-refractivity contribution >= 4 is 29.0 Å². The summed E-state index contributed by atoms with van der Waals surface area (Å²) in [6, 6.07) is 31.0. The van der Waals surface area contributed by atoms with Crippen LogP contribution in [0.1, 0.15) is 46.3 Å². The normalized spacial score (nSPS) is 13.3. The average Bonchev–Trinajstić information content (AvgIpc) is 3.02. The molecule has 0 aliphatic heterocycles. The van der Waals surface area contributed by atoms with Crippen molar-refractivity contribution in [3.05, 3.63) is 125 Å². The number of ether oxygens (including phenoxy) is 2. The van der Waals surface area contributed by atoms with Gasteiger partial charge in [0.2, 0.25) is 5.91 Å². The van der Waals surface area contributed by atoms with Gasteiger partial charge >= 0.3 is 5.97 Å². The number of hydrogen-bond donors (Lipinski definition) is 1. The third-order valence-corrected chi connectivity index (χ3v) is 8.00. The third kappa shape index (κ3) is 7.53. The summed E-state index contributed by atoms with van der Waals surface area (Å²) >= 11 is 0. The lowest BCUT2D eigenvalue weighted by molar-refractivity contribution is -0.141. The maximum Gasteiger partial charge on any atom is 0.328 e. The first kappa shape index (κ1) is 30.5. The molecule has 226 valence electrons. The van der Waals surface area contributed by atoms with Crippen LogP contribution in [0.25, 0.3) is 0 Å². The molecule has 0 unspecified atom stereocenters. The number of methoxy groups -OCH3 is 1. The Bertz CT molecular complexity index is 1580. The molecule has 0 aromatic heterocycles. The van der Waals surface area contributed by atoms with Gasteiger partial charge in [0.25, 0.3) is 0 Å². The highest BCUT2D eigenvalue weighted by molar-refractivity contribution is 6.12. The van der Waals surface area contributed by atoms with E-state index in [2.05, 4.69) is 5.32 Å². The lowest BCUT2D eigenvalue weighted by atomic mass is 9.84.